The number of nitrogens with zero attached hydrogens (tertiary/aromatic N) is 1. The maximum absolute atomic E-state index is 14.8. The highest BCUT2D eigenvalue weighted by Gasteiger charge is 2.28. The summed E-state index contributed by atoms with van der Waals surface area (Å²) in [5, 5.41) is 5.38. The van der Waals surface area contributed by atoms with Crippen LogP contribution in [-0.2, 0) is 0 Å². The maximum Gasteiger partial charge on any atom is 0.163 e. The van der Waals surface area contributed by atoms with Crippen LogP contribution in [0.15, 0.2) is 29.6 Å². The number of ether oxygens (including phenoxy) is 2. The van der Waals surface area contributed by atoms with Crippen molar-refractivity contribution in [2.75, 3.05) is 40.4 Å². The van der Waals surface area contributed by atoms with Gasteiger partial charge in [0.2, 0.25) is 0 Å². The quantitative estimate of drug-likeness (QED) is 0.816. The van der Waals surface area contributed by atoms with E-state index in [0.29, 0.717) is 17.1 Å². The van der Waals surface area contributed by atoms with Crippen LogP contribution in [0.3, 0.4) is 0 Å². The molecule has 0 radical (unpaired) electrons. The number of hydrogen-bond donors (Lipinski definition) is 1. The van der Waals surface area contributed by atoms with Gasteiger partial charge in [-0.1, -0.05) is 6.07 Å². The molecule has 1 saturated heterocycles. The molecule has 1 aromatic heterocycles. The van der Waals surface area contributed by atoms with Crippen LogP contribution in [0.25, 0.3) is 0 Å². The standard InChI is InChI=1S/C17H21FN2O2S.2ClH/c1-21-14-10-12(13(18)11-15(14)22-2)17(16-4-3-9-23-16)20-7-5-19-6-8-20;;/h3-4,9-11,17,19H,5-8H2,1-2H3;2*1H/t17-;;/m1../s1. The number of rotatable bonds is 5. The number of thiophene rings is 1. The first-order chi connectivity index (χ1) is 11.2. The molecule has 0 spiro atoms. The van der Waals surface area contributed by atoms with Gasteiger partial charge in [-0.2, -0.15) is 0 Å². The van der Waals surface area contributed by atoms with Crippen molar-refractivity contribution in [3.8, 4) is 11.5 Å². The fourth-order valence-electron chi connectivity index (χ4n) is 3.00. The van der Waals surface area contributed by atoms with Crippen LogP contribution in [0.5, 0.6) is 11.5 Å². The minimum atomic E-state index is -0.264. The van der Waals surface area contributed by atoms with E-state index in [1.54, 1.807) is 24.5 Å². The predicted octanol–water partition coefficient (Wildman–Crippen LogP) is 3.74. The van der Waals surface area contributed by atoms with Crippen molar-refractivity contribution >= 4 is 36.2 Å². The average molecular weight is 409 g/mol. The van der Waals surface area contributed by atoms with Crippen molar-refractivity contribution in [1.29, 1.82) is 0 Å². The summed E-state index contributed by atoms with van der Waals surface area (Å²) in [7, 11) is 3.09. The highest BCUT2D eigenvalue weighted by Crippen LogP contribution is 2.38. The summed E-state index contributed by atoms with van der Waals surface area (Å²) in [6.45, 7) is 3.60. The normalized spacial score (nSPS) is 15.6. The lowest BCUT2D eigenvalue weighted by molar-refractivity contribution is 0.197. The minimum Gasteiger partial charge on any atom is -0.493 e. The maximum atomic E-state index is 14.8. The Labute approximate surface area is 164 Å². The minimum absolute atomic E-state index is 0. The van der Waals surface area contributed by atoms with E-state index >= 15 is 0 Å². The number of halogens is 3. The van der Waals surface area contributed by atoms with Gasteiger partial charge in [0.05, 0.1) is 20.3 Å². The Bertz CT molecular complexity index is 652. The molecule has 3 rings (SSSR count). The molecule has 0 bridgehead atoms. The zero-order valence-corrected chi connectivity index (χ0v) is 16.6. The molecule has 1 aliphatic rings. The second-order valence-electron chi connectivity index (χ2n) is 5.43. The Morgan fingerprint density at radius 3 is 2.32 bits per heavy atom. The Morgan fingerprint density at radius 2 is 1.76 bits per heavy atom. The molecule has 8 heteroatoms. The first-order valence-corrected chi connectivity index (χ1v) is 8.52. The van der Waals surface area contributed by atoms with Gasteiger partial charge in [-0.05, 0) is 17.5 Å². The Kier molecular flexibility index (Phi) is 8.96. The SMILES string of the molecule is COc1cc(F)c([C@H](c2cccs2)N2CCNCC2)cc1OC.Cl.Cl. The van der Waals surface area contributed by atoms with Crippen molar-refractivity contribution in [3.63, 3.8) is 0 Å². The smallest absolute Gasteiger partial charge is 0.163 e. The third-order valence-corrected chi connectivity index (χ3v) is 5.05. The molecule has 1 fully saturated rings. The molecule has 2 heterocycles. The van der Waals surface area contributed by atoms with Gasteiger partial charge in [0, 0.05) is 42.7 Å². The first kappa shape index (κ1) is 22.0. The molecular formula is C17H23Cl2FN2O2S. The molecule has 4 nitrogen and oxygen atoms in total. The van der Waals surface area contributed by atoms with Crippen LogP contribution in [0.1, 0.15) is 16.5 Å². The molecule has 140 valence electrons. The highest BCUT2D eigenvalue weighted by molar-refractivity contribution is 7.10. The summed E-state index contributed by atoms with van der Waals surface area (Å²) in [6.07, 6.45) is 0. The average Bonchev–Trinajstić information content (AvgIpc) is 3.11. The fraction of sp³-hybridized carbons (Fsp3) is 0.412. The molecule has 1 atom stereocenters. The lowest BCUT2D eigenvalue weighted by Gasteiger charge is -2.35. The topological polar surface area (TPSA) is 33.7 Å². The molecule has 2 aromatic rings. The van der Waals surface area contributed by atoms with Crippen LogP contribution in [0.2, 0.25) is 0 Å². The number of hydrogen-bond acceptors (Lipinski definition) is 5. The molecule has 0 saturated carbocycles. The van der Waals surface area contributed by atoms with Gasteiger partial charge >= 0.3 is 0 Å². The van der Waals surface area contributed by atoms with E-state index in [0.717, 1.165) is 31.1 Å². The third kappa shape index (κ3) is 4.77. The third-order valence-electron chi connectivity index (χ3n) is 4.13. The van der Waals surface area contributed by atoms with Crippen LogP contribution in [-0.4, -0.2) is 45.3 Å². The molecule has 1 aromatic carbocycles. The van der Waals surface area contributed by atoms with Crippen molar-refractivity contribution in [2.24, 2.45) is 0 Å². The Hall–Kier alpha value is -1.05. The Morgan fingerprint density at radius 1 is 1.12 bits per heavy atom. The number of methoxy groups -OCH3 is 2. The van der Waals surface area contributed by atoms with Gasteiger partial charge in [-0.15, -0.1) is 36.2 Å². The lowest BCUT2D eigenvalue weighted by atomic mass is 10.0. The monoisotopic (exact) mass is 408 g/mol. The van der Waals surface area contributed by atoms with Gasteiger partial charge < -0.3 is 14.8 Å². The molecule has 1 N–H and O–H groups in total. The zero-order chi connectivity index (χ0) is 16.2. The second-order valence-corrected chi connectivity index (χ2v) is 6.41. The van der Waals surface area contributed by atoms with E-state index in [-0.39, 0.29) is 36.7 Å². The summed E-state index contributed by atoms with van der Waals surface area (Å²) in [5.41, 5.74) is 0.631. The van der Waals surface area contributed by atoms with E-state index in [1.165, 1.54) is 13.2 Å². The lowest BCUT2D eigenvalue weighted by Crippen LogP contribution is -2.45. The first-order valence-electron chi connectivity index (χ1n) is 7.64. The van der Waals surface area contributed by atoms with E-state index in [2.05, 4.69) is 16.3 Å². The number of benzene rings is 1. The molecule has 0 aliphatic carbocycles. The van der Waals surface area contributed by atoms with Gasteiger partial charge in [0.1, 0.15) is 5.82 Å². The van der Waals surface area contributed by atoms with Crippen LogP contribution in [0, 0.1) is 5.82 Å². The van der Waals surface area contributed by atoms with Gasteiger partial charge in [-0.25, -0.2) is 4.39 Å². The number of nitrogens with one attached hydrogen (secondary N) is 1. The van der Waals surface area contributed by atoms with E-state index < -0.39 is 0 Å². The van der Waals surface area contributed by atoms with E-state index in [4.69, 9.17) is 9.47 Å². The zero-order valence-electron chi connectivity index (χ0n) is 14.2. The van der Waals surface area contributed by atoms with Crippen molar-refractivity contribution < 1.29 is 13.9 Å². The summed E-state index contributed by atoms with van der Waals surface area (Å²) >= 11 is 1.65. The molecule has 0 amide bonds. The molecular weight excluding hydrogens is 386 g/mol. The van der Waals surface area contributed by atoms with Crippen molar-refractivity contribution in [1.82, 2.24) is 10.2 Å². The predicted molar refractivity (Wildman–Crippen MR) is 105 cm³/mol. The number of piperazine rings is 1. The van der Waals surface area contributed by atoms with E-state index in [1.807, 2.05) is 11.4 Å². The van der Waals surface area contributed by atoms with Gasteiger partial charge in [-0.3, -0.25) is 4.90 Å². The van der Waals surface area contributed by atoms with Gasteiger partial charge in [0.25, 0.3) is 0 Å². The summed E-state index contributed by atoms with van der Waals surface area (Å²) in [6, 6.07) is 7.15. The van der Waals surface area contributed by atoms with Crippen molar-refractivity contribution in [3.05, 3.63) is 45.9 Å². The highest BCUT2D eigenvalue weighted by atomic mass is 35.5. The van der Waals surface area contributed by atoms with Crippen LogP contribution in [0.4, 0.5) is 4.39 Å². The Balaban J connectivity index is 0.00000156. The van der Waals surface area contributed by atoms with E-state index in [9.17, 15) is 4.39 Å². The molecule has 0 unspecified atom stereocenters. The fourth-order valence-corrected chi connectivity index (χ4v) is 3.87. The van der Waals surface area contributed by atoms with Crippen molar-refractivity contribution in [2.45, 2.75) is 6.04 Å². The van der Waals surface area contributed by atoms with Gasteiger partial charge in [0.15, 0.2) is 11.5 Å². The largest absolute Gasteiger partial charge is 0.493 e. The molecule has 1 aliphatic heterocycles. The van der Waals surface area contributed by atoms with Crippen LogP contribution < -0.4 is 14.8 Å². The summed E-state index contributed by atoms with van der Waals surface area (Å²) in [5.74, 6) is 0.708. The summed E-state index contributed by atoms with van der Waals surface area (Å²) in [4.78, 5) is 3.45. The summed E-state index contributed by atoms with van der Waals surface area (Å²) < 4.78 is 25.3. The molecule has 25 heavy (non-hydrogen) atoms. The van der Waals surface area contributed by atoms with Crippen LogP contribution >= 0.6 is 36.2 Å². The second kappa shape index (κ2) is 10.2.